The van der Waals surface area contributed by atoms with Crippen molar-refractivity contribution in [3.05, 3.63) is 0 Å². The highest BCUT2D eigenvalue weighted by atomic mass is 16.7. The quantitative estimate of drug-likeness (QED) is 0.566. The van der Waals surface area contributed by atoms with Crippen molar-refractivity contribution in [2.75, 3.05) is 32.9 Å². The number of aliphatic hydroxyl groups excluding tert-OH is 1. The summed E-state index contributed by atoms with van der Waals surface area (Å²) in [7, 11) is 0. The highest BCUT2D eigenvalue weighted by Gasteiger charge is 2.19. The molecule has 0 heterocycles. The van der Waals surface area contributed by atoms with Gasteiger partial charge in [-0.05, 0) is 26.7 Å². The Morgan fingerprint density at radius 1 is 1.00 bits per heavy atom. The molecule has 4 heteroatoms. The summed E-state index contributed by atoms with van der Waals surface area (Å²) in [4.78, 5) is 2.26. The number of nitrogens with zero attached hydrogens (tertiary/aromatic N) is 1. The van der Waals surface area contributed by atoms with Gasteiger partial charge in [0.25, 0.3) is 0 Å². The molecule has 0 radical (unpaired) electrons. The standard InChI is InChI=1S/C13H29NO3/c1-5-12(6-2)14(9-10-15)11-13(16-7-3)17-8-4/h12-13,15H,5-11H2,1-4H3. The number of hydrogen-bond acceptors (Lipinski definition) is 4. The zero-order chi connectivity index (χ0) is 13.1. The van der Waals surface area contributed by atoms with E-state index in [9.17, 15) is 0 Å². The molecule has 104 valence electrons. The molecule has 1 N–H and O–H groups in total. The largest absolute Gasteiger partial charge is 0.395 e. The van der Waals surface area contributed by atoms with Crippen LogP contribution in [0.2, 0.25) is 0 Å². The van der Waals surface area contributed by atoms with Gasteiger partial charge in [0.05, 0.1) is 6.61 Å². The maximum Gasteiger partial charge on any atom is 0.170 e. The van der Waals surface area contributed by atoms with Crippen molar-refractivity contribution in [2.24, 2.45) is 0 Å². The first-order valence-electron chi connectivity index (χ1n) is 6.81. The molecule has 0 saturated heterocycles. The highest BCUT2D eigenvalue weighted by molar-refractivity contribution is 4.70. The van der Waals surface area contributed by atoms with Crippen molar-refractivity contribution in [3.8, 4) is 0 Å². The lowest BCUT2D eigenvalue weighted by molar-refractivity contribution is -0.151. The first-order valence-corrected chi connectivity index (χ1v) is 6.81. The van der Waals surface area contributed by atoms with Crippen molar-refractivity contribution in [2.45, 2.75) is 52.9 Å². The maximum absolute atomic E-state index is 9.13. The topological polar surface area (TPSA) is 41.9 Å². The van der Waals surface area contributed by atoms with E-state index in [2.05, 4.69) is 18.7 Å². The average molecular weight is 247 g/mol. The highest BCUT2D eigenvalue weighted by Crippen LogP contribution is 2.10. The van der Waals surface area contributed by atoms with Crippen LogP contribution in [0.3, 0.4) is 0 Å². The van der Waals surface area contributed by atoms with Gasteiger partial charge in [-0.3, -0.25) is 4.90 Å². The SMILES string of the molecule is CCOC(CN(CCO)C(CC)CC)OCC. The fourth-order valence-electron chi connectivity index (χ4n) is 2.07. The van der Waals surface area contributed by atoms with Gasteiger partial charge >= 0.3 is 0 Å². The Morgan fingerprint density at radius 2 is 1.53 bits per heavy atom. The molecule has 0 saturated carbocycles. The van der Waals surface area contributed by atoms with Crippen LogP contribution in [0.4, 0.5) is 0 Å². The summed E-state index contributed by atoms with van der Waals surface area (Å²) in [6, 6.07) is 0.491. The van der Waals surface area contributed by atoms with Crippen LogP contribution in [0.5, 0.6) is 0 Å². The predicted molar refractivity (Wildman–Crippen MR) is 70.1 cm³/mol. The molecule has 0 unspecified atom stereocenters. The number of hydrogen-bond donors (Lipinski definition) is 1. The van der Waals surface area contributed by atoms with Crippen LogP contribution < -0.4 is 0 Å². The Balaban J connectivity index is 4.35. The minimum atomic E-state index is -0.183. The summed E-state index contributed by atoms with van der Waals surface area (Å²) in [5.74, 6) is 0. The zero-order valence-electron chi connectivity index (χ0n) is 11.8. The van der Waals surface area contributed by atoms with E-state index >= 15 is 0 Å². The molecule has 17 heavy (non-hydrogen) atoms. The molecule has 0 aromatic carbocycles. The smallest absolute Gasteiger partial charge is 0.170 e. The Labute approximate surface area is 106 Å². The third-order valence-electron chi connectivity index (χ3n) is 2.93. The van der Waals surface area contributed by atoms with Crippen LogP contribution in [0.25, 0.3) is 0 Å². The molecule has 0 aromatic heterocycles. The summed E-state index contributed by atoms with van der Waals surface area (Å²) in [6.07, 6.45) is 1.99. The molecule has 0 aliphatic carbocycles. The zero-order valence-corrected chi connectivity index (χ0v) is 11.8. The van der Waals surface area contributed by atoms with Crippen LogP contribution in [-0.2, 0) is 9.47 Å². The molecule has 4 nitrogen and oxygen atoms in total. The van der Waals surface area contributed by atoms with Crippen molar-refractivity contribution in [1.29, 1.82) is 0 Å². The monoisotopic (exact) mass is 247 g/mol. The lowest BCUT2D eigenvalue weighted by Crippen LogP contribution is -2.43. The second-order valence-corrected chi connectivity index (χ2v) is 4.03. The Hall–Kier alpha value is -0.160. The molecule has 0 aromatic rings. The van der Waals surface area contributed by atoms with E-state index in [1.165, 1.54) is 0 Å². The number of rotatable bonds is 11. The third-order valence-corrected chi connectivity index (χ3v) is 2.93. The van der Waals surface area contributed by atoms with Crippen LogP contribution in [-0.4, -0.2) is 55.2 Å². The summed E-state index contributed by atoms with van der Waals surface area (Å²) >= 11 is 0. The third kappa shape index (κ3) is 6.99. The van der Waals surface area contributed by atoms with Gasteiger partial charge in [0.15, 0.2) is 6.29 Å². The van der Waals surface area contributed by atoms with Gasteiger partial charge in [-0.15, -0.1) is 0 Å². The van der Waals surface area contributed by atoms with Gasteiger partial charge in [0.1, 0.15) is 0 Å². The van der Waals surface area contributed by atoms with Gasteiger partial charge in [0, 0.05) is 32.3 Å². The van der Waals surface area contributed by atoms with Crippen LogP contribution in [0.1, 0.15) is 40.5 Å². The first-order chi connectivity index (χ1) is 8.23. The van der Waals surface area contributed by atoms with Gasteiger partial charge in [0.2, 0.25) is 0 Å². The summed E-state index contributed by atoms with van der Waals surface area (Å²) in [5, 5.41) is 9.13. The first kappa shape index (κ1) is 16.8. The molecule has 0 bridgehead atoms. The number of ether oxygens (including phenoxy) is 2. The van der Waals surface area contributed by atoms with E-state index in [4.69, 9.17) is 14.6 Å². The molecule has 0 rings (SSSR count). The van der Waals surface area contributed by atoms with Gasteiger partial charge in [-0.25, -0.2) is 0 Å². The molecular weight excluding hydrogens is 218 g/mol. The summed E-state index contributed by atoms with van der Waals surface area (Å²) < 4.78 is 11.1. The Morgan fingerprint density at radius 3 is 1.88 bits per heavy atom. The minimum Gasteiger partial charge on any atom is -0.395 e. The number of aliphatic hydroxyl groups is 1. The second-order valence-electron chi connectivity index (χ2n) is 4.03. The molecule has 0 fully saturated rings. The molecule has 0 aliphatic rings. The maximum atomic E-state index is 9.13. The fourth-order valence-corrected chi connectivity index (χ4v) is 2.07. The molecule has 0 spiro atoms. The Bertz CT molecular complexity index is 157. The molecule has 0 amide bonds. The summed E-state index contributed by atoms with van der Waals surface area (Å²) in [5.41, 5.74) is 0. The van der Waals surface area contributed by atoms with E-state index in [-0.39, 0.29) is 12.9 Å². The van der Waals surface area contributed by atoms with Crippen molar-refractivity contribution >= 4 is 0 Å². The predicted octanol–water partition coefficient (Wildman–Crippen LogP) is 1.87. The van der Waals surface area contributed by atoms with E-state index < -0.39 is 0 Å². The van der Waals surface area contributed by atoms with Crippen LogP contribution >= 0.6 is 0 Å². The average Bonchev–Trinajstić information content (AvgIpc) is 2.31. The van der Waals surface area contributed by atoms with Gasteiger partial charge in [-0.2, -0.15) is 0 Å². The second kappa shape index (κ2) is 11.0. The van der Waals surface area contributed by atoms with E-state index in [1.807, 2.05) is 13.8 Å². The lowest BCUT2D eigenvalue weighted by atomic mass is 10.1. The molecular formula is C13H29NO3. The van der Waals surface area contributed by atoms with Crippen LogP contribution in [0.15, 0.2) is 0 Å². The minimum absolute atomic E-state index is 0.182. The molecule has 0 aliphatic heterocycles. The van der Waals surface area contributed by atoms with E-state index in [0.717, 1.165) is 19.4 Å². The fraction of sp³-hybridized carbons (Fsp3) is 1.00. The van der Waals surface area contributed by atoms with Gasteiger partial charge in [-0.1, -0.05) is 13.8 Å². The van der Waals surface area contributed by atoms with Crippen molar-refractivity contribution < 1.29 is 14.6 Å². The van der Waals surface area contributed by atoms with Crippen molar-refractivity contribution in [1.82, 2.24) is 4.90 Å². The van der Waals surface area contributed by atoms with Gasteiger partial charge < -0.3 is 14.6 Å². The van der Waals surface area contributed by atoms with Crippen molar-refractivity contribution in [3.63, 3.8) is 0 Å². The Kier molecular flexibility index (Phi) is 10.9. The molecule has 0 atom stereocenters. The normalized spacial score (nSPS) is 12.0. The summed E-state index contributed by atoms with van der Waals surface area (Å²) in [6.45, 7) is 11.2. The van der Waals surface area contributed by atoms with E-state index in [1.54, 1.807) is 0 Å². The van der Waals surface area contributed by atoms with E-state index in [0.29, 0.717) is 25.8 Å². The van der Waals surface area contributed by atoms with Crippen LogP contribution in [0, 0.1) is 0 Å². The lowest BCUT2D eigenvalue weighted by Gasteiger charge is -2.32.